The number of aromatic nitrogens is 1. The second-order valence-corrected chi connectivity index (χ2v) is 4.28. The Morgan fingerprint density at radius 2 is 2.33 bits per heavy atom. The molecule has 0 aliphatic heterocycles. The van der Waals surface area contributed by atoms with E-state index in [0.717, 1.165) is 12.8 Å². The van der Waals surface area contributed by atoms with Gasteiger partial charge in [0.1, 0.15) is 5.67 Å². The number of rotatable bonds is 1. The maximum atomic E-state index is 14.6. The van der Waals surface area contributed by atoms with Gasteiger partial charge < -0.3 is 11.5 Å². The first-order valence-electron chi connectivity index (χ1n) is 5.26. The lowest BCUT2D eigenvalue weighted by molar-refractivity contribution is 0.0952. The molecule has 1 aromatic rings. The molecule has 1 fully saturated rings. The predicted octanol–water partition coefficient (Wildman–Crippen LogP) is 1.73. The molecule has 15 heavy (non-hydrogen) atoms. The Kier molecular flexibility index (Phi) is 2.61. The number of nitrogen functional groups attached to an aromatic ring is 1. The van der Waals surface area contributed by atoms with E-state index >= 15 is 0 Å². The maximum absolute atomic E-state index is 14.6. The molecule has 0 saturated heterocycles. The normalized spacial score (nSPS) is 31.5. The fourth-order valence-electron chi connectivity index (χ4n) is 2.29. The van der Waals surface area contributed by atoms with Crippen molar-refractivity contribution in [3.8, 4) is 0 Å². The predicted molar refractivity (Wildman–Crippen MR) is 57.9 cm³/mol. The molecule has 0 bridgehead atoms. The van der Waals surface area contributed by atoms with E-state index in [1.54, 1.807) is 12.3 Å². The van der Waals surface area contributed by atoms with E-state index in [0.29, 0.717) is 24.1 Å². The first-order chi connectivity index (χ1) is 7.12. The molecule has 1 aliphatic carbocycles. The maximum Gasteiger partial charge on any atom is 0.140 e. The third-order valence-corrected chi connectivity index (χ3v) is 3.07. The third-order valence-electron chi connectivity index (χ3n) is 3.07. The molecule has 0 radical (unpaired) electrons. The highest BCUT2D eigenvalue weighted by Gasteiger charge is 2.38. The van der Waals surface area contributed by atoms with Crippen molar-refractivity contribution in [2.45, 2.75) is 37.4 Å². The van der Waals surface area contributed by atoms with Crippen LogP contribution in [0.2, 0.25) is 0 Å². The van der Waals surface area contributed by atoms with E-state index in [2.05, 4.69) is 4.98 Å². The van der Waals surface area contributed by atoms with Gasteiger partial charge in [0, 0.05) is 36.1 Å². The van der Waals surface area contributed by atoms with Crippen LogP contribution in [-0.4, -0.2) is 11.0 Å². The van der Waals surface area contributed by atoms with Crippen molar-refractivity contribution in [3.05, 3.63) is 24.0 Å². The van der Waals surface area contributed by atoms with Crippen molar-refractivity contribution in [1.29, 1.82) is 0 Å². The van der Waals surface area contributed by atoms with E-state index in [9.17, 15) is 4.39 Å². The van der Waals surface area contributed by atoms with Crippen molar-refractivity contribution in [2.24, 2.45) is 5.73 Å². The number of hydrogen-bond acceptors (Lipinski definition) is 3. The van der Waals surface area contributed by atoms with Gasteiger partial charge in [0.15, 0.2) is 0 Å². The van der Waals surface area contributed by atoms with Crippen LogP contribution in [0, 0.1) is 0 Å². The highest BCUT2D eigenvalue weighted by molar-refractivity contribution is 5.48. The Morgan fingerprint density at radius 1 is 1.53 bits per heavy atom. The van der Waals surface area contributed by atoms with Crippen LogP contribution in [0.5, 0.6) is 0 Å². The number of halogens is 1. The van der Waals surface area contributed by atoms with E-state index in [-0.39, 0.29) is 6.04 Å². The standard InChI is InChI=1S/C11H16FN3/c12-11(4-1-2-8(13)6-11)9-7-15-5-3-10(9)14/h3,5,7-8H,1-2,4,6,13H2,(H2,14,15). The van der Waals surface area contributed by atoms with Crippen LogP contribution in [0.1, 0.15) is 31.2 Å². The average Bonchev–Trinajstić information content (AvgIpc) is 2.17. The number of nitrogens with two attached hydrogens (primary N) is 2. The van der Waals surface area contributed by atoms with Crippen LogP contribution in [-0.2, 0) is 5.67 Å². The summed E-state index contributed by atoms with van der Waals surface area (Å²) in [4.78, 5) is 3.93. The molecule has 0 spiro atoms. The smallest absolute Gasteiger partial charge is 0.140 e. The molecule has 4 N–H and O–H groups in total. The molecule has 4 heteroatoms. The highest BCUT2D eigenvalue weighted by atomic mass is 19.1. The van der Waals surface area contributed by atoms with Gasteiger partial charge in [-0.2, -0.15) is 0 Å². The summed E-state index contributed by atoms with van der Waals surface area (Å²) < 4.78 is 14.6. The molecule has 1 aromatic heterocycles. The van der Waals surface area contributed by atoms with Gasteiger partial charge in [-0.05, 0) is 25.3 Å². The first kappa shape index (κ1) is 10.4. The van der Waals surface area contributed by atoms with Gasteiger partial charge in [0.05, 0.1) is 0 Å². The van der Waals surface area contributed by atoms with Gasteiger partial charge in [0.2, 0.25) is 0 Å². The summed E-state index contributed by atoms with van der Waals surface area (Å²) in [6.45, 7) is 0. The summed E-state index contributed by atoms with van der Waals surface area (Å²) in [6, 6.07) is 1.57. The summed E-state index contributed by atoms with van der Waals surface area (Å²) in [5.41, 5.74) is 11.2. The molecule has 2 unspecified atom stereocenters. The first-order valence-corrected chi connectivity index (χ1v) is 5.26. The van der Waals surface area contributed by atoms with Gasteiger partial charge in [-0.25, -0.2) is 4.39 Å². The molecule has 2 rings (SSSR count). The fraction of sp³-hybridized carbons (Fsp3) is 0.545. The zero-order valence-corrected chi connectivity index (χ0v) is 8.62. The Morgan fingerprint density at radius 3 is 3.00 bits per heavy atom. The van der Waals surface area contributed by atoms with Crippen LogP contribution >= 0.6 is 0 Å². The minimum Gasteiger partial charge on any atom is -0.398 e. The van der Waals surface area contributed by atoms with Crippen molar-refractivity contribution in [1.82, 2.24) is 4.98 Å². The largest absolute Gasteiger partial charge is 0.398 e. The molecular formula is C11H16FN3. The second kappa shape index (κ2) is 3.77. The Bertz CT molecular complexity index is 355. The Labute approximate surface area is 88.7 Å². The monoisotopic (exact) mass is 209 g/mol. The van der Waals surface area contributed by atoms with Crippen molar-refractivity contribution < 1.29 is 4.39 Å². The van der Waals surface area contributed by atoms with Crippen LogP contribution in [0.15, 0.2) is 18.5 Å². The number of alkyl halides is 1. The summed E-state index contributed by atoms with van der Waals surface area (Å²) >= 11 is 0. The SMILES string of the molecule is Nc1ccncc1C1(F)CCCC(N)C1. The Hall–Kier alpha value is -1.16. The minimum atomic E-state index is -1.38. The number of nitrogens with zero attached hydrogens (tertiary/aromatic N) is 1. The van der Waals surface area contributed by atoms with Gasteiger partial charge in [-0.1, -0.05) is 0 Å². The van der Waals surface area contributed by atoms with Crippen LogP contribution in [0.25, 0.3) is 0 Å². The molecule has 1 aliphatic rings. The van der Waals surface area contributed by atoms with Crippen molar-refractivity contribution >= 4 is 5.69 Å². The van der Waals surface area contributed by atoms with Gasteiger partial charge in [-0.15, -0.1) is 0 Å². The fourth-order valence-corrected chi connectivity index (χ4v) is 2.29. The summed E-state index contributed by atoms with van der Waals surface area (Å²) in [5.74, 6) is 0. The summed E-state index contributed by atoms with van der Waals surface area (Å²) in [5, 5.41) is 0. The van der Waals surface area contributed by atoms with E-state index in [1.807, 2.05) is 0 Å². The molecule has 0 amide bonds. The Balaban J connectivity index is 2.32. The zero-order valence-electron chi connectivity index (χ0n) is 8.62. The van der Waals surface area contributed by atoms with E-state index < -0.39 is 5.67 Å². The van der Waals surface area contributed by atoms with Gasteiger partial charge >= 0.3 is 0 Å². The topological polar surface area (TPSA) is 64.9 Å². The summed E-state index contributed by atoms with van der Waals surface area (Å²) in [7, 11) is 0. The molecule has 0 aromatic carbocycles. The van der Waals surface area contributed by atoms with Gasteiger partial charge in [0.25, 0.3) is 0 Å². The van der Waals surface area contributed by atoms with Crippen LogP contribution in [0.3, 0.4) is 0 Å². The highest BCUT2D eigenvalue weighted by Crippen LogP contribution is 2.42. The lowest BCUT2D eigenvalue weighted by Gasteiger charge is -2.33. The molecule has 1 heterocycles. The van der Waals surface area contributed by atoms with E-state index in [1.165, 1.54) is 6.20 Å². The lowest BCUT2D eigenvalue weighted by atomic mass is 9.79. The third kappa shape index (κ3) is 1.95. The summed E-state index contributed by atoms with van der Waals surface area (Å²) in [6.07, 6.45) is 5.65. The van der Waals surface area contributed by atoms with Crippen molar-refractivity contribution in [2.75, 3.05) is 5.73 Å². The molecule has 82 valence electrons. The number of hydrogen-bond donors (Lipinski definition) is 2. The van der Waals surface area contributed by atoms with E-state index in [4.69, 9.17) is 11.5 Å². The zero-order chi connectivity index (χ0) is 10.9. The minimum absolute atomic E-state index is 0.0663. The average molecular weight is 209 g/mol. The number of anilines is 1. The molecular weight excluding hydrogens is 193 g/mol. The molecule has 1 saturated carbocycles. The van der Waals surface area contributed by atoms with Gasteiger partial charge in [-0.3, -0.25) is 4.98 Å². The lowest BCUT2D eigenvalue weighted by Crippen LogP contribution is -2.36. The quantitative estimate of drug-likeness (QED) is 0.740. The van der Waals surface area contributed by atoms with Crippen LogP contribution < -0.4 is 11.5 Å². The van der Waals surface area contributed by atoms with Crippen LogP contribution in [0.4, 0.5) is 10.1 Å². The molecule has 2 atom stereocenters. The second-order valence-electron chi connectivity index (χ2n) is 4.28. The molecule has 3 nitrogen and oxygen atoms in total. The van der Waals surface area contributed by atoms with Crippen molar-refractivity contribution in [3.63, 3.8) is 0 Å². The number of pyridine rings is 1.